The molecular weight excluding hydrogens is 460 g/mol. The molecule has 32 heavy (non-hydrogen) atoms. The van der Waals surface area contributed by atoms with E-state index < -0.39 is 30.0 Å². The molecule has 3 aromatic carbocycles. The van der Waals surface area contributed by atoms with Crippen molar-refractivity contribution in [1.29, 1.82) is 0 Å². The lowest BCUT2D eigenvalue weighted by atomic mass is 10.1. The van der Waals surface area contributed by atoms with Crippen molar-refractivity contribution in [3.05, 3.63) is 95.0 Å². The van der Waals surface area contributed by atoms with Crippen molar-refractivity contribution in [3.63, 3.8) is 0 Å². The van der Waals surface area contributed by atoms with Crippen LogP contribution in [0.15, 0.2) is 83.8 Å². The Morgan fingerprint density at radius 2 is 1.56 bits per heavy atom. The molecule has 3 aromatic rings. The topological polar surface area (TPSA) is 60.4 Å². The molecule has 0 radical (unpaired) electrons. The number of carbonyl (C=O) groups is 1. The lowest BCUT2D eigenvalue weighted by molar-refractivity contribution is 0.0327. The number of rotatable bonds is 7. The second-order valence-corrected chi connectivity index (χ2v) is 15.6. The summed E-state index contributed by atoms with van der Waals surface area (Å²) in [6.45, 7) is 6.37. The summed E-state index contributed by atoms with van der Waals surface area (Å²) >= 11 is 6.04. The first kappa shape index (κ1) is 24.2. The highest BCUT2D eigenvalue weighted by molar-refractivity contribution is 7.90. The van der Waals surface area contributed by atoms with Gasteiger partial charge >= 0.3 is 5.97 Å². The average molecular weight is 487 g/mol. The predicted molar refractivity (Wildman–Crippen MR) is 132 cm³/mol. The molecule has 0 aliphatic carbocycles. The first-order chi connectivity index (χ1) is 15.0. The Labute approximate surface area is 196 Å². The van der Waals surface area contributed by atoms with Crippen molar-refractivity contribution in [2.75, 3.05) is 6.26 Å². The monoisotopic (exact) mass is 486 g/mol. The molecular formula is C25H27ClO4SSi. The predicted octanol–water partition coefficient (Wildman–Crippen LogP) is 5.23. The maximum absolute atomic E-state index is 12.8. The Bertz CT molecular complexity index is 1190. The second-order valence-electron chi connectivity index (χ2n) is 8.53. The standard InChI is InChI=1S/C25H27ClO4SSi/c1-18(30-25(27)20-9-8-10-21(26)17-20)24(32(3,4)23-11-6-5-7-12-23)19-13-15-22(16-14-19)31(2,28)29/h5-18,24H,1-4H3. The number of halogens is 1. The van der Waals surface area contributed by atoms with Gasteiger partial charge in [-0.15, -0.1) is 0 Å². The molecule has 168 valence electrons. The van der Waals surface area contributed by atoms with E-state index in [4.69, 9.17) is 16.3 Å². The van der Waals surface area contributed by atoms with E-state index in [1.807, 2.05) is 37.3 Å². The molecule has 2 unspecified atom stereocenters. The Morgan fingerprint density at radius 3 is 2.12 bits per heavy atom. The van der Waals surface area contributed by atoms with Crippen LogP contribution in [0, 0.1) is 0 Å². The zero-order valence-corrected chi connectivity index (χ0v) is 21.2. The van der Waals surface area contributed by atoms with Crippen LogP contribution >= 0.6 is 11.6 Å². The molecule has 0 aliphatic heterocycles. The van der Waals surface area contributed by atoms with Gasteiger partial charge in [0.25, 0.3) is 0 Å². The Hall–Kier alpha value is -2.41. The highest BCUT2D eigenvalue weighted by Gasteiger charge is 2.40. The van der Waals surface area contributed by atoms with Gasteiger partial charge in [0.2, 0.25) is 0 Å². The van der Waals surface area contributed by atoms with Gasteiger partial charge in [0.1, 0.15) is 6.10 Å². The van der Waals surface area contributed by atoms with Gasteiger partial charge in [-0.05, 0) is 42.8 Å². The maximum atomic E-state index is 12.8. The van der Waals surface area contributed by atoms with Crippen LogP contribution in [-0.2, 0) is 14.6 Å². The van der Waals surface area contributed by atoms with E-state index in [2.05, 4.69) is 25.2 Å². The summed E-state index contributed by atoms with van der Waals surface area (Å²) in [6.07, 6.45) is 0.754. The van der Waals surface area contributed by atoms with Gasteiger partial charge in [-0.2, -0.15) is 0 Å². The fourth-order valence-electron chi connectivity index (χ4n) is 4.16. The summed E-state index contributed by atoms with van der Waals surface area (Å²) < 4.78 is 29.8. The highest BCUT2D eigenvalue weighted by atomic mass is 35.5. The van der Waals surface area contributed by atoms with Crippen LogP contribution in [0.2, 0.25) is 18.1 Å². The minimum Gasteiger partial charge on any atom is -0.459 e. The minimum absolute atomic E-state index is 0.0957. The second kappa shape index (κ2) is 9.61. The van der Waals surface area contributed by atoms with Gasteiger partial charge in [-0.1, -0.05) is 78.4 Å². The van der Waals surface area contributed by atoms with Crippen molar-refractivity contribution < 1.29 is 17.9 Å². The summed E-state index contributed by atoms with van der Waals surface area (Å²) in [5.74, 6) is -0.435. The van der Waals surface area contributed by atoms with Gasteiger partial charge in [0.15, 0.2) is 9.84 Å². The Morgan fingerprint density at radius 1 is 0.938 bits per heavy atom. The number of benzene rings is 3. The Kier molecular flexibility index (Phi) is 7.28. The molecule has 0 spiro atoms. The third-order valence-corrected chi connectivity index (χ3v) is 11.3. The molecule has 0 bridgehead atoms. The van der Waals surface area contributed by atoms with Crippen molar-refractivity contribution in [1.82, 2.24) is 0 Å². The van der Waals surface area contributed by atoms with E-state index >= 15 is 0 Å². The van der Waals surface area contributed by atoms with Gasteiger partial charge < -0.3 is 4.74 Å². The zero-order chi connectivity index (χ0) is 23.5. The summed E-state index contributed by atoms with van der Waals surface area (Å²) in [6, 6.07) is 23.8. The van der Waals surface area contributed by atoms with Crippen molar-refractivity contribution in [2.45, 2.75) is 36.6 Å². The molecule has 0 aliphatic rings. The fourth-order valence-corrected chi connectivity index (χ4v) is 8.66. The molecule has 0 N–H and O–H groups in total. The first-order valence-corrected chi connectivity index (χ1v) is 15.7. The summed E-state index contributed by atoms with van der Waals surface area (Å²) in [5.41, 5.74) is 1.25. The van der Waals surface area contributed by atoms with Crippen LogP contribution in [0.4, 0.5) is 0 Å². The normalized spacial score (nSPS) is 13.9. The number of carbonyl (C=O) groups excluding carboxylic acids is 1. The molecule has 0 saturated heterocycles. The van der Waals surface area contributed by atoms with Crippen molar-refractivity contribution >= 4 is 40.7 Å². The van der Waals surface area contributed by atoms with E-state index in [1.54, 1.807) is 36.4 Å². The van der Waals surface area contributed by atoms with Crippen molar-refractivity contribution in [3.8, 4) is 0 Å². The lowest BCUT2D eigenvalue weighted by Crippen LogP contribution is -2.52. The first-order valence-electron chi connectivity index (χ1n) is 10.3. The van der Waals surface area contributed by atoms with Gasteiger partial charge in [-0.25, -0.2) is 13.2 Å². The smallest absolute Gasteiger partial charge is 0.338 e. The van der Waals surface area contributed by atoms with Gasteiger partial charge in [-0.3, -0.25) is 0 Å². The molecule has 0 fully saturated rings. The van der Waals surface area contributed by atoms with Crippen LogP contribution in [0.3, 0.4) is 0 Å². The number of hydrogen-bond donors (Lipinski definition) is 0. The number of hydrogen-bond acceptors (Lipinski definition) is 4. The third kappa shape index (κ3) is 5.49. The van der Waals surface area contributed by atoms with Crippen LogP contribution in [-0.4, -0.2) is 34.8 Å². The summed E-state index contributed by atoms with van der Waals surface area (Å²) in [5, 5.41) is 1.70. The summed E-state index contributed by atoms with van der Waals surface area (Å²) in [4.78, 5) is 13.1. The Balaban J connectivity index is 2.01. The van der Waals surface area contributed by atoms with E-state index in [0.29, 0.717) is 10.6 Å². The third-order valence-electron chi connectivity index (χ3n) is 5.79. The lowest BCUT2D eigenvalue weighted by Gasteiger charge is -2.37. The quantitative estimate of drug-likeness (QED) is 0.339. The molecule has 0 saturated carbocycles. The van der Waals surface area contributed by atoms with E-state index in [1.165, 1.54) is 11.4 Å². The average Bonchev–Trinajstić information content (AvgIpc) is 2.74. The van der Waals surface area contributed by atoms with E-state index in [9.17, 15) is 13.2 Å². The highest BCUT2D eigenvalue weighted by Crippen LogP contribution is 2.33. The maximum Gasteiger partial charge on any atom is 0.338 e. The van der Waals surface area contributed by atoms with E-state index in [0.717, 1.165) is 5.56 Å². The largest absolute Gasteiger partial charge is 0.459 e. The van der Waals surface area contributed by atoms with Crippen LogP contribution in [0.25, 0.3) is 0 Å². The molecule has 7 heteroatoms. The molecule has 0 amide bonds. The molecule has 2 atom stereocenters. The molecule has 3 rings (SSSR count). The van der Waals surface area contributed by atoms with Crippen LogP contribution in [0.5, 0.6) is 0 Å². The van der Waals surface area contributed by atoms with Gasteiger partial charge in [0.05, 0.1) is 18.5 Å². The number of ether oxygens (including phenoxy) is 1. The number of esters is 1. The zero-order valence-electron chi connectivity index (χ0n) is 18.6. The van der Waals surface area contributed by atoms with Crippen LogP contribution < -0.4 is 5.19 Å². The fraction of sp³-hybridized carbons (Fsp3) is 0.240. The van der Waals surface area contributed by atoms with E-state index in [-0.39, 0.29) is 10.4 Å². The molecule has 4 nitrogen and oxygen atoms in total. The van der Waals surface area contributed by atoms with Crippen LogP contribution in [0.1, 0.15) is 28.4 Å². The molecule has 0 aromatic heterocycles. The van der Waals surface area contributed by atoms with Gasteiger partial charge in [0, 0.05) is 16.8 Å². The number of sulfone groups is 1. The summed E-state index contributed by atoms with van der Waals surface area (Å²) in [7, 11) is -5.51. The van der Waals surface area contributed by atoms with Crippen molar-refractivity contribution in [2.24, 2.45) is 0 Å². The SMILES string of the molecule is CC(OC(=O)c1cccc(Cl)c1)C(c1ccc(S(C)(=O)=O)cc1)[Si](C)(C)c1ccccc1. The molecule has 0 heterocycles. The minimum atomic E-state index is -3.30.